The molecule has 0 radical (unpaired) electrons. The SMILES string of the molecule is CC1CN(C(=O)NCC2CCC(C(=O)O)CC2)CCO1. The summed E-state index contributed by atoms with van der Waals surface area (Å²) in [4.78, 5) is 24.7. The van der Waals surface area contributed by atoms with Crippen LogP contribution in [0.1, 0.15) is 32.6 Å². The van der Waals surface area contributed by atoms with E-state index in [9.17, 15) is 9.59 Å². The highest BCUT2D eigenvalue weighted by Gasteiger charge is 2.27. The van der Waals surface area contributed by atoms with E-state index in [2.05, 4.69) is 5.32 Å². The van der Waals surface area contributed by atoms with Gasteiger partial charge in [-0.1, -0.05) is 0 Å². The van der Waals surface area contributed by atoms with Gasteiger partial charge in [-0.15, -0.1) is 0 Å². The number of hydrogen-bond acceptors (Lipinski definition) is 3. The van der Waals surface area contributed by atoms with Crippen LogP contribution in [0.4, 0.5) is 4.79 Å². The van der Waals surface area contributed by atoms with Crippen LogP contribution in [0.15, 0.2) is 0 Å². The largest absolute Gasteiger partial charge is 0.481 e. The van der Waals surface area contributed by atoms with Crippen molar-refractivity contribution in [3.63, 3.8) is 0 Å². The predicted molar refractivity (Wildman–Crippen MR) is 73.5 cm³/mol. The summed E-state index contributed by atoms with van der Waals surface area (Å²) >= 11 is 0. The van der Waals surface area contributed by atoms with Crippen LogP contribution in [-0.2, 0) is 9.53 Å². The van der Waals surface area contributed by atoms with Gasteiger partial charge in [0.2, 0.25) is 0 Å². The lowest BCUT2D eigenvalue weighted by molar-refractivity contribution is -0.143. The normalized spacial score (nSPS) is 30.9. The quantitative estimate of drug-likeness (QED) is 0.819. The lowest BCUT2D eigenvalue weighted by atomic mass is 9.82. The van der Waals surface area contributed by atoms with Crippen LogP contribution < -0.4 is 5.32 Å². The third-order valence-electron chi connectivity index (χ3n) is 4.27. The molecule has 1 aliphatic carbocycles. The first kappa shape index (κ1) is 15.1. The second-order valence-electron chi connectivity index (χ2n) is 5.87. The molecule has 20 heavy (non-hydrogen) atoms. The molecule has 0 spiro atoms. The van der Waals surface area contributed by atoms with Crippen molar-refractivity contribution in [2.24, 2.45) is 11.8 Å². The van der Waals surface area contributed by atoms with E-state index in [0.717, 1.165) is 25.7 Å². The van der Waals surface area contributed by atoms with Crippen molar-refractivity contribution in [1.29, 1.82) is 0 Å². The number of carboxylic acids is 1. The number of morpholine rings is 1. The topological polar surface area (TPSA) is 78.9 Å². The molecule has 2 amide bonds. The molecule has 1 unspecified atom stereocenters. The molecule has 1 atom stereocenters. The fraction of sp³-hybridized carbons (Fsp3) is 0.857. The first-order valence-electron chi connectivity index (χ1n) is 7.43. The molecule has 6 nitrogen and oxygen atoms in total. The molecule has 0 bridgehead atoms. The number of carbonyl (C=O) groups is 2. The van der Waals surface area contributed by atoms with Crippen LogP contribution in [0, 0.1) is 11.8 Å². The Morgan fingerprint density at radius 3 is 2.60 bits per heavy atom. The van der Waals surface area contributed by atoms with Crippen molar-refractivity contribution in [2.75, 3.05) is 26.2 Å². The van der Waals surface area contributed by atoms with Crippen molar-refractivity contribution < 1.29 is 19.4 Å². The predicted octanol–water partition coefficient (Wildman–Crippen LogP) is 1.31. The Morgan fingerprint density at radius 2 is 2.00 bits per heavy atom. The Hall–Kier alpha value is -1.30. The maximum Gasteiger partial charge on any atom is 0.317 e. The van der Waals surface area contributed by atoms with Gasteiger partial charge in [0.05, 0.1) is 18.6 Å². The standard InChI is InChI=1S/C14H24N2O4/c1-10-9-16(6-7-20-10)14(19)15-8-11-2-4-12(5-3-11)13(17)18/h10-12H,2-9H2,1H3,(H,15,19)(H,17,18). The van der Waals surface area contributed by atoms with Gasteiger partial charge in [-0.3, -0.25) is 4.79 Å². The number of hydrogen-bond donors (Lipinski definition) is 2. The van der Waals surface area contributed by atoms with Gasteiger partial charge >= 0.3 is 12.0 Å². The molecule has 1 saturated heterocycles. The Labute approximate surface area is 119 Å². The van der Waals surface area contributed by atoms with Crippen LogP contribution in [0.2, 0.25) is 0 Å². The molecular weight excluding hydrogens is 260 g/mol. The van der Waals surface area contributed by atoms with Crippen molar-refractivity contribution >= 4 is 12.0 Å². The van der Waals surface area contributed by atoms with Crippen LogP contribution in [0.3, 0.4) is 0 Å². The summed E-state index contributed by atoms with van der Waals surface area (Å²) in [5, 5.41) is 11.9. The summed E-state index contributed by atoms with van der Waals surface area (Å²) in [6.45, 7) is 4.49. The fourth-order valence-corrected chi connectivity index (χ4v) is 2.96. The fourth-order valence-electron chi connectivity index (χ4n) is 2.96. The number of nitrogens with one attached hydrogen (secondary N) is 1. The number of urea groups is 1. The maximum atomic E-state index is 12.0. The summed E-state index contributed by atoms with van der Waals surface area (Å²) in [6.07, 6.45) is 3.32. The molecule has 2 N–H and O–H groups in total. The number of rotatable bonds is 3. The van der Waals surface area contributed by atoms with E-state index in [4.69, 9.17) is 9.84 Å². The summed E-state index contributed by atoms with van der Waals surface area (Å²) in [5.74, 6) is -0.468. The summed E-state index contributed by atoms with van der Waals surface area (Å²) in [6, 6.07) is -0.0273. The molecule has 2 aliphatic rings. The van der Waals surface area contributed by atoms with Gasteiger partial charge in [0.25, 0.3) is 0 Å². The number of amides is 2. The van der Waals surface area contributed by atoms with Crippen LogP contribution in [-0.4, -0.2) is 54.4 Å². The van der Waals surface area contributed by atoms with Gasteiger partial charge in [-0.2, -0.15) is 0 Å². The number of carboxylic acid groups (broad SMARTS) is 1. The molecule has 1 saturated carbocycles. The summed E-state index contributed by atoms with van der Waals surface area (Å²) in [5.41, 5.74) is 0. The molecular formula is C14H24N2O4. The third kappa shape index (κ3) is 4.10. The first-order chi connectivity index (χ1) is 9.56. The average Bonchev–Trinajstić information content (AvgIpc) is 2.45. The second kappa shape index (κ2) is 6.92. The second-order valence-corrected chi connectivity index (χ2v) is 5.87. The van der Waals surface area contributed by atoms with Crippen molar-refractivity contribution in [1.82, 2.24) is 10.2 Å². The minimum Gasteiger partial charge on any atom is -0.481 e. The Kier molecular flexibility index (Phi) is 5.23. The summed E-state index contributed by atoms with van der Waals surface area (Å²) in [7, 11) is 0. The van der Waals surface area contributed by atoms with Crippen molar-refractivity contribution in [2.45, 2.75) is 38.7 Å². The lowest BCUT2D eigenvalue weighted by Crippen LogP contribution is -2.49. The van der Waals surface area contributed by atoms with Gasteiger partial charge in [-0.25, -0.2) is 4.79 Å². The molecule has 6 heteroatoms. The van der Waals surface area contributed by atoms with E-state index < -0.39 is 5.97 Å². The lowest BCUT2D eigenvalue weighted by Gasteiger charge is -2.32. The molecule has 2 fully saturated rings. The van der Waals surface area contributed by atoms with E-state index >= 15 is 0 Å². The van der Waals surface area contributed by atoms with Crippen molar-refractivity contribution in [3.05, 3.63) is 0 Å². The van der Waals surface area contributed by atoms with Crippen LogP contribution >= 0.6 is 0 Å². The Balaban J connectivity index is 1.68. The zero-order valence-electron chi connectivity index (χ0n) is 12.0. The Bertz CT molecular complexity index is 353. The highest BCUT2D eigenvalue weighted by atomic mass is 16.5. The smallest absolute Gasteiger partial charge is 0.317 e. The molecule has 114 valence electrons. The van der Waals surface area contributed by atoms with E-state index in [0.29, 0.717) is 32.2 Å². The van der Waals surface area contributed by atoms with Gasteiger partial charge in [0.1, 0.15) is 0 Å². The number of ether oxygens (including phenoxy) is 1. The number of nitrogens with zero attached hydrogens (tertiary/aromatic N) is 1. The molecule has 1 heterocycles. The average molecular weight is 284 g/mol. The zero-order chi connectivity index (χ0) is 14.5. The highest BCUT2D eigenvalue weighted by Crippen LogP contribution is 2.28. The molecule has 0 aromatic heterocycles. The molecule has 1 aliphatic heterocycles. The minimum absolute atomic E-state index is 0.0273. The van der Waals surface area contributed by atoms with Gasteiger partial charge < -0.3 is 20.1 Å². The molecule has 0 aromatic carbocycles. The minimum atomic E-state index is -0.685. The van der Waals surface area contributed by atoms with Gasteiger partial charge in [0, 0.05) is 19.6 Å². The Morgan fingerprint density at radius 1 is 1.30 bits per heavy atom. The van der Waals surface area contributed by atoms with Crippen LogP contribution in [0.5, 0.6) is 0 Å². The zero-order valence-corrected chi connectivity index (χ0v) is 12.0. The van der Waals surface area contributed by atoms with Gasteiger partial charge in [0.15, 0.2) is 0 Å². The van der Waals surface area contributed by atoms with Gasteiger partial charge in [-0.05, 0) is 38.5 Å². The first-order valence-corrected chi connectivity index (χ1v) is 7.43. The third-order valence-corrected chi connectivity index (χ3v) is 4.27. The van der Waals surface area contributed by atoms with Crippen LogP contribution in [0.25, 0.3) is 0 Å². The number of carbonyl (C=O) groups excluding carboxylic acids is 1. The number of aliphatic carboxylic acids is 1. The maximum absolute atomic E-state index is 12.0. The molecule has 2 rings (SSSR count). The van der Waals surface area contributed by atoms with E-state index in [1.807, 2.05) is 6.92 Å². The van der Waals surface area contributed by atoms with Crippen molar-refractivity contribution in [3.8, 4) is 0 Å². The monoisotopic (exact) mass is 284 g/mol. The molecule has 0 aromatic rings. The van der Waals surface area contributed by atoms with E-state index in [1.165, 1.54) is 0 Å². The highest BCUT2D eigenvalue weighted by molar-refractivity contribution is 5.74. The summed E-state index contributed by atoms with van der Waals surface area (Å²) < 4.78 is 5.41. The van der Waals surface area contributed by atoms with E-state index in [-0.39, 0.29) is 18.1 Å². The van der Waals surface area contributed by atoms with E-state index in [1.54, 1.807) is 4.90 Å².